The molecule has 1 aliphatic heterocycles. The van der Waals surface area contributed by atoms with E-state index in [9.17, 15) is 9.59 Å². The molecule has 1 aromatic rings. The third kappa shape index (κ3) is 3.95. The van der Waals surface area contributed by atoms with Gasteiger partial charge in [0.25, 0.3) is 0 Å². The van der Waals surface area contributed by atoms with Crippen LogP contribution in [0.3, 0.4) is 0 Å². The smallest absolute Gasteiger partial charge is 0.234 e. The molecule has 1 atom stereocenters. The molecular formula is C14H20ClN3O2. The van der Waals surface area contributed by atoms with E-state index < -0.39 is 0 Å². The van der Waals surface area contributed by atoms with E-state index in [-0.39, 0.29) is 30.3 Å². The third-order valence-electron chi connectivity index (χ3n) is 3.24. The molecule has 0 bridgehead atoms. The van der Waals surface area contributed by atoms with Crippen molar-refractivity contribution < 1.29 is 9.59 Å². The molecule has 3 N–H and O–H groups in total. The second-order valence-corrected chi connectivity index (χ2v) is 4.78. The first kappa shape index (κ1) is 16.5. The number of nitrogens with one attached hydrogen (secondary N) is 3. The van der Waals surface area contributed by atoms with E-state index in [4.69, 9.17) is 0 Å². The maximum atomic E-state index is 11.5. The standard InChI is InChI=1S/C14H19N3O2.ClH/c1-9(16-14(19)8-15-2)10-3-5-12-11(7-10)4-6-13(18)17-12;/h3,5,7,9,15H,4,6,8H2,1-2H3,(H,16,19)(H,17,18);1H. The van der Waals surface area contributed by atoms with Crippen LogP contribution in [0.4, 0.5) is 5.69 Å². The number of hydrogen-bond donors (Lipinski definition) is 3. The summed E-state index contributed by atoms with van der Waals surface area (Å²) >= 11 is 0. The molecular weight excluding hydrogens is 278 g/mol. The van der Waals surface area contributed by atoms with Crippen LogP contribution < -0.4 is 16.0 Å². The zero-order chi connectivity index (χ0) is 13.8. The van der Waals surface area contributed by atoms with Gasteiger partial charge in [-0.25, -0.2) is 0 Å². The molecule has 5 nitrogen and oxygen atoms in total. The largest absolute Gasteiger partial charge is 0.348 e. The highest BCUT2D eigenvalue weighted by Crippen LogP contribution is 2.25. The fraction of sp³-hybridized carbons (Fsp3) is 0.429. The van der Waals surface area contributed by atoms with Gasteiger partial charge in [-0.3, -0.25) is 9.59 Å². The zero-order valence-corrected chi connectivity index (χ0v) is 12.5. The van der Waals surface area contributed by atoms with E-state index >= 15 is 0 Å². The highest BCUT2D eigenvalue weighted by atomic mass is 35.5. The monoisotopic (exact) mass is 297 g/mol. The van der Waals surface area contributed by atoms with E-state index in [0.29, 0.717) is 13.0 Å². The van der Waals surface area contributed by atoms with Crippen molar-refractivity contribution in [3.63, 3.8) is 0 Å². The van der Waals surface area contributed by atoms with Crippen molar-refractivity contribution in [3.05, 3.63) is 29.3 Å². The molecule has 0 radical (unpaired) electrons. The Morgan fingerprint density at radius 1 is 1.40 bits per heavy atom. The Balaban J connectivity index is 0.00000200. The van der Waals surface area contributed by atoms with Crippen LogP contribution in [0, 0.1) is 0 Å². The summed E-state index contributed by atoms with van der Waals surface area (Å²) in [6.07, 6.45) is 1.28. The van der Waals surface area contributed by atoms with Crippen molar-refractivity contribution in [1.82, 2.24) is 10.6 Å². The van der Waals surface area contributed by atoms with E-state index in [2.05, 4.69) is 22.0 Å². The molecule has 0 fully saturated rings. The molecule has 1 aromatic carbocycles. The molecule has 0 saturated carbocycles. The zero-order valence-electron chi connectivity index (χ0n) is 11.7. The van der Waals surface area contributed by atoms with Gasteiger partial charge >= 0.3 is 0 Å². The first-order chi connectivity index (χ1) is 9.10. The molecule has 20 heavy (non-hydrogen) atoms. The van der Waals surface area contributed by atoms with Crippen LogP contribution in [0.1, 0.15) is 30.5 Å². The number of rotatable bonds is 4. The first-order valence-electron chi connectivity index (χ1n) is 6.47. The van der Waals surface area contributed by atoms with Crippen molar-refractivity contribution >= 4 is 29.9 Å². The van der Waals surface area contributed by atoms with Crippen LogP contribution in [-0.4, -0.2) is 25.4 Å². The Morgan fingerprint density at radius 3 is 2.85 bits per heavy atom. The third-order valence-corrected chi connectivity index (χ3v) is 3.24. The maximum Gasteiger partial charge on any atom is 0.234 e. The summed E-state index contributed by atoms with van der Waals surface area (Å²) in [6.45, 7) is 2.27. The van der Waals surface area contributed by atoms with Crippen LogP contribution in [0.25, 0.3) is 0 Å². The summed E-state index contributed by atoms with van der Waals surface area (Å²) in [4.78, 5) is 22.8. The summed E-state index contributed by atoms with van der Waals surface area (Å²) < 4.78 is 0. The lowest BCUT2D eigenvalue weighted by molar-refractivity contribution is -0.120. The number of carbonyl (C=O) groups is 2. The number of carbonyl (C=O) groups excluding carboxylic acids is 2. The summed E-state index contributed by atoms with van der Waals surface area (Å²) in [7, 11) is 1.74. The Kier molecular flexibility index (Phi) is 5.98. The lowest BCUT2D eigenvalue weighted by atomic mass is 9.98. The van der Waals surface area contributed by atoms with Crippen molar-refractivity contribution in [2.45, 2.75) is 25.8 Å². The van der Waals surface area contributed by atoms with Gasteiger partial charge in [0.1, 0.15) is 0 Å². The molecule has 1 unspecified atom stereocenters. The highest BCUT2D eigenvalue weighted by Gasteiger charge is 2.16. The van der Waals surface area contributed by atoms with Gasteiger partial charge in [-0.2, -0.15) is 0 Å². The number of likely N-dealkylation sites (N-methyl/N-ethyl adjacent to an activating group) is 1. The van der Waals surface area contributed by atoms with Gasteiger partial charge in [-0.05, 0) is 37.6 Å². The second kappa shape index (κ2) is 7.26. The van der Waals surface area contributed by atoms with Crippen LogP contribution >= 0.6 is 12.4 Å². The average Bonchev–Trinajstić information content (AvgIpc) is 2.38. The van der Waals surface area contributed by atoms with Crippen molar-refractivity contribution in [2.75, 3.05) is 18.9 Å². The summed E-state index contributed by atoms with van der Waals surface area (Å²) in [6, 6.07) is 5.86. The Morgan fingerprint density at radius 2 is 2.15 bits per heavy atom. The van der Waals surface area contributed by atoms with Gasteiger partial charge in [0, 0.05) is 12.1 Å². The number of benzene rings is 1. The fourth-order valence-corrected chi connectivity index (χ4v) is 2.21. The lowest BCUT2D eigenvalue weighted by Crippen LogP contribution is -2.34. The van der Waals surface area contributed by atoms with E-state index in [1.807, 2.05) is 19.1 Å². The molecule has 1 heterocycles. The lowest BCUT2D eigenvalue weighted by Gasteiger charge is -2.20. The minimum Gasteiger partial charge on any atom is -0.348 e. The second-order valence-electron chi connectivity index (χ2n) is 4.78. The van der Waals surface area contributed by atoms with Crippen molar-refractivity contribution in [1.29, 1.82) is 0 Å². The summed E-state index contributed by atoms with van der Waals surface area (Å²) in [5.41, 5.74) is 3.07. The molecule has 2 amide bonds. The van der Waals surface area contributed by atoms with Gasteiger partial charge in [-0.15, -0.1) is 12.4 Å². The molecule has 110 valence electrons. The minimum atomic E-state index is -0.0382. The normalized spacial score (nSPS) is 14.6. The number of hydrogen-bond acceptors (Lipinski definition) is 3. The molecule has 1 aliphatic rings. The summed E-state index contributed by atoms with van der Waals surface area (Å²) in [5.74, 6) is 0.0386. The fourth-order valence-electron chi connectivity index (χ4n) is 2.21. The predicted octanol–water partition coefficient (Wildman–Crippen LogP) is 1.39. The van der Waals surface area contributed by atoms with Crippen LogP contribution in [-0.2, 0) is 16.0 Å². The van der Waals surface area contributed by atoms with Crippen LogP contribution in [0.5, 0.6) is 0 Å². The molecule has 0 aliphatic carbocycles. The van der Waals surface area contributed by atoms with Gasteiger partial charge in [0.05, 0.1) is 12.6 Å². The molecule has 6 heteroatoms. The topological polar surface area (TPSA) is 70.2 Å². The van der Waals surface area contributed by atoms with Crippen LogP contribution in [0.15, 0.2) is 18.2 Å². The first-order valence-corrected chi connectivity index (χ1v) is 6.47. The number of halogens is 1. The minimum absolute atomic E-state index is 0. The highest BCUT2D eigenvalue weighted by molar-refractivity contribution is 5.93. The van der Waals surface area contributed by atoms with E-state index in [1.54, 1.807) is 7.05 Å². The molecule has 0 spiro atoms. The molecule has 0 saturated heterocycles. The van der Waals surface area contributed by atoms with Gasteiger partial charge in [-0.1, -0.05) is 12.1 Å². The van der Waals surface area contributed by atoms with Crippen LogP contribution in [0.2, 0.25) is 0 Å². The maximum absolute atomic E-state index is 11.5. The SMILES string of the molecule is CNCC(=O)NC(C)c1ccc2c(c1)CCC(=O)N2.Cl. The van der Waals surface area contributed by atoms with E-state index in [1.165, 1.54) is 0 Å². The molecule has 0 aromatic heterocycles. The Hall–Kier alpha value is -1.59. The molecule has 2 rings (SSSR count). The Bertz CT molecular complexity index is 505. The average molecular weight is 298 g/mol. The Labute approximate surface area is 124 Å². The van der Waals surface area contributed by atoms with Crippen molar-refractivity contribution in [3.8, 4) is 0 Å². The van der Waals surface area contributed by atoms with E-state index in [0.717, 1.165) is 23.2 Å². The summed E-state index contributed by atoms with van der Waals surface area (Å²) in [5, 5.41) is 8.59. The van der Waals surface area contributed by atoms with Gasteiger partial charge in [0.2, 0.25) is 11.8 Å². The number of anilines is 1. The quantitative estimate of drug-likeness (QED) is 0.786. The van der Waals surface area contributed by atoms with Gasteiger partial charge in [0.15, 0.2) is 0 Å². The predicted molar refractivity (Wildman–Crippen MR) is 81.1 cm³/mol. The number of fused-ring (bicyclic) bond motifs is 1. The number of amides is 2. The van der Waals surface area contributed by atoms with Gasteiger partial charge < -0.3 is 16.0 Å². The van der Waals surface area contributed by atoms with Crippen molar-refractivity contribution in [2.24, 2.45) is 0 Å². The number of aryl methyl sites for hydroxylation is 1.